The number of ether oxygens (including phenoxy) is 1. The summed E-state index contributed by atoms with van der Waals surface area (Å²) in [5.74, 6) is 1.52. The van der Waals surface area contributed by atoms with E-state index in [4.69, 9.17) is 13.0 Å². The van der Waals surface area contributed by atoms with Gasteiger partial charge in [0.15, 0.2) is 0 Å². The van der Waals surface area contributed by atoms with E-state index in [0.29, 0.717) is 5.56 Å². The lowest BCUT2D eigenvalue weighted by Crippen LogP contribution is -1.97. The summed E-state index contributed by atoms with van der Waals surface area (Å²) in [7, 11) is 0. The molecule has 0 aliphatic carbocycles. The summed E-state index contributed by atoms with van der Waals surface area (Å²) in [5, 5.41) is 2.36. The predicted molar refractivity (Wildman–Crippen MR) is 189 cm³/mol. The third-order valence-electron chi connectivity index (χ3n) is 8.83. The van der Waals surface area contributed by atoms with Crippen LogP contribution in [0.2, 0.25) is 0 Å². The van der Waals surface area contributed by atoms with Crippen molar-refractivity contribution in [3.63, 3.8) is 0 Å². The van der Waals surface area contributed by atoms with Crippen LogP contribution in [0, 0.1) is 0 Å². The Morgan fingerprint density at radius 3 is 1.93 bits per heavy atom. The molecule has 1 heteroatoms. The fourth-order valence-corrected chi connectivity index (χ4v) is 6.76. The first kappa shape index (κ1) is 17.4. The number of fused-ring (bicyclic) bond motifs is 2. The van der Waals surface area contributed by atoms with Crippen molar-refractivity contribution in [2.24, 2.45) is 0 Å². The summed E-state index contributed by atoms with van der Waals surface area (Å²) < 4.78 is 87.2. The van der Waals surface area contributed by atoms with Crippen molar-refractivity contribution in [2.45, 2.75) is 0 Å². The molecule has 0 saturated heterocycles. The number of benzene rings is 9. The van der Waals surface area contributed by atoms with Crippen molar-refractivity contribution in [1.29, 1.82) is 0 Å². The molecule has 0 unspecified atom stereocenters. The average Bonchev–Trinajstić information content (AvgIpc) is 3.19. The maximum atomic E-state index is 9.42. The lowest BCUT2D eigenvalue weighted by atomic mass is 9.87. The van der Waals surface area contributed by atoms with Crippen LogP contribution in [0.15, 0.2) is 158 Å². The van der Waals surface area contributed by atoms with Gasteiger partial charge in [-0.15, -0.1) is 0 Å². The quantitative estimate of drug-likeness (QED) is 0.189. The summed E-state index contributed by atoms with van der Waals surface area (Å²) in [6.07, 6.45) is 0. The van der Waals surface area contributed by atoms with Gasteiger partial charge in [-0.3, -0.25) is 0 Å². The Morgan fingerprint density at radius 2 is 1.09 bits per heavy atom. The largest absolute Gasteiger partial charge is 0.456 e. The Balaban J connectivity index is 1.31. The van der Waals surface area contributed by atoms with Crippen LogP contribution in [0.4, 0.5) is 0 Å². The van der Waals surface area contributed by atoms with Crippen LogP contribution < -0.4 is 4.74 Å². The zero-order chi connectivity index (χ0) is 37.3. The molecule has 0 spiro atoms. The van der Waals surface area contributed by atoms with E-state index in [1.54, 1.807) is 0 Å². The van der Waals surface area contributed by atoms with Crippen LogP contribution in [-0.2, 0) is 0 Å². The molecule has 0 atom stereocenters. The van der Waals surface area contributed by atoms with Crippen molar-refractivity contribution in [2.75, 3.05) is 0 Å². The van der Waals surface area contributed by atoms with Gasteiger partial charge >= 0.3 is 0 Å². The summed E-state index contributed by atoms with van der Waals surface area (Å²) in [6, 6.07) is 30.4. The molecule has 10 rings (SSSR count). The zero-order valence-electron chi connectivity index (χ0n) is 32.7. The molecular formula is C44H26O. The predicted octanol–water partition coefficient (Wildman–Crippen LogP) is 12.5. The Labute approximate surface area is 273 Å². The van der Waals surface area contributed by atoms with E-state index in [2.05, 4.69) is 30.3 Å². The smallest absolute Gasteiger partial charge is 0.135 e. The van der Waals surface area contributed by atoms with Crippen molar-refractivity contribution in [1.82, 2.24) is 0 Å². The molecule has 1 aliphatic rings. The van der Waals surface area contributed by atoms with E-state index in [-0.39, 0.29) is 62.1 Å². The van der Waals surface area contributed by atoms with Crippen LogP contribution in [0.25, 0.3) is 87.6 Å². The van der Waals surface area contributed by atoms with Gasteiger partial charge in [0.05, 0.1) is 12.3 Å². The highest BCUT2D eigenvalue weighted by Crippen LogP contribution is 2.48. The molecule has 208 valence electrons. The monoisotopic (exact) mass is 579 g/mol. The first-order chi connectivity index (χ1) is 26.0. The molecule has 9 aromatic rings. The summed E-state index contributed by atoms with van der Waals surface area (Å²) in [4.78, 5) is 0. The Kier molecular flexibility index (Phi) is 3.59. The molecule has 0 aromatic heterocycles. The Morgan fingerprint density at radius 1 is 0.378 bits per heavy atom. The van der Waals surface area contributed by atoms with Gasteiger partial charge in [-0.1, -0.05) is 121 Å². The maximum absolute atomic E-state index is 9.42. The molecule has 45 heavy (non-hydrogen) atoms. The van der Waals surface area contributed by atoms with E-state index in [9.17, 15) is 4.11 Å². The molecule has 0 saturated carbocycles. The number of hydrogen-bond acceptors (Lipinski definition) is 1. The normalized spacial score (nSPS) is 15.0. The highest BCUT2D eigenvalue weighted by Gasteiger charge is 2.21. The third kappa shape index (κ3) is 3.68. The van der Waals surface area contributed by atoms with Gasteiger partial charge in [0.1, 0.15) is 11.5 Å². The van der Waals surface area contributed by atoms with Gasteiger partial charge in [-0.25, -0.2) is 0 Å². The van der Waals surface area contributed by atoms with E-state index in [1.807, 2.05) is 72.8 Å². The molecule has 1 heterocycles. The minimum absolute atomic E-state index is 0.0464. The van der Waals surface area contributed by atoms with Gasteiger partial charge in [-0.2, -0.15) is 0 Å². The van der Waals surface area contributed by atoms with Gasteiger partial charge < -0.3 is 4.74 Å². The van der Waals surface area contributed by atoms with Gasteiger partial charge in [0, 0.05) is 10.9 Å². The molecule has 9 aromatic carbocycles. The lowest BCUT2D eigenvalue weighted by molar-refractivity contribution is 0.487. The summed E-state index contributed by atoms with van der Waals surface area (Å²) in [6.45, 7) is 0. The molecule has 0 amide bonds. The van der Waals surface area contributed by atoms with E-state index >= 15 is 0 Å². The molecule has 1 aliphatic heterocycles. The third-order valence-corrected chi connectivity index (χ3v) is 8.83. The zero-order valence-corrected chi connectivity index (χ0v) is 23.7. The molecule has 1 nitrogen and oxygen atoms in total. The Hall–Kier alpha value is -5.92. The van der Waals surface area contributed by atoms with Crippen LogP contribution in [-0.4, -0.2) is 0 Å². The van der Waals surface area contributed by atoms with E-state index < -0.39 is 30.2 Å². The fourth-order valence-electron chi connectivity index (χ4n) is 6.76. The molecule has 0 bridgehead atoms. The summed E-state index contributed by atoms with van der Waals surface area (Å²) in [5.41, 5.74) is 6.06. The van der Waals surface area contributed by atoms with Gasteiger partial charge in [0.25, 0.3) is 0 Å². The van der Waals surface area contributed by atoms with Crippen LogP contribution >= 0.6 is 0 Å². The van der Waals surface area contributed by atoms with Gasteiger partial charge in [-0.05, 0) is 113 Å². The first-order valence-electron chi connectivity index (χ1n) is 19.3. The molecule has 0 fully saturated rings. The second-order valence-corrected chi connectivity index (χ2v) is 11.4. The Bertz CT molecular complexity index is 3090. The molecular weight excluding hydrogens is 544 g/mol. The molecule has 0 radical (unpaired) electrons. The van der Waals surface area contributed by atoms with Crippen molar-refractivity contribution in [3.8, 4) is 56.0 Å². The maximum Gasteiger partial charge on any atom is 0.135 e. The topological polar surface area (TPSA) is 9.23 Å². The minimum atomic E-state index is -0.496. The standard InChI is InChI=1S/C44H26O/c1-2-7-27(8-3-1)33-23-34(32-19-22-40-39(26-32)37-13-5-11-28-12-6-14-41(45-40)43(28)37)25-35(24-33)36-20-17-31-16-15-29-9-4-10-30-18-21-38(36)44(31)42(29)30/h1-26H/i4D,9D,10D,15D,16D,17D,18D,20D,21D. The second kappa shape index (κ2) is 9.29. The minimum Gasteiger partial charge on any atom is -0.456 e. The van der Waals surface area contributed by atoms with E-state index in [0.717, 1.165) is 55.7 Å². The first-order valence-corrected chi connectivity index (χ1v) is 14.8. The SMILES string of the molecule is [2H]c1c([2H])c2c([2H])c([2H])c3c([2H])c([2H])c(-c4cc(-c5ccccc5)cc(-c5ccc6c(c5)-c5cccc7cccc(c57)O6)c4)c4c([2H])c([2H])c(c1[2H])c2c34. The van der Waals surface area contributed by atoms with Crippen LogP contribution in [0.1, 0.15) is 12.3 Å². The second-order valence-electron chi connectivity index (χ2n) is 11.4. The lowest BCUT2D eigenvalue weighted by Gasteiger charge is -2.22. The average molecular weight is 580 g/mol. The number of rotatable bonds is 3. The van der Waals surface area contributed by atoms with E-state index in [1.165, 1.54) is 0 Å². The fraction of sp³-hybridized carbons (Fsp3) is 0. The molecule has 0 N–H and O–H groups in total. The number of hydrogen-bond donors (Lipinski definition) is 0. The summed E-state index contributed by atoms with van der Waals surface area (Å²) >= 11 is 0. The van der Waals surface area contributed by atoms with Crippen LogP contribution in [0.5, 0.6) is 11.5 Å². The highest BCUT2D eigenvalue weighted by atomic mass is 16.5. The van der Waals surface area contributed by atoms with Crippen LogP contribution in [0.3, 0.4) is 0 Å². The van der Waals surface area contributed by atoms with Crippen molar-refractivity contribution < 1.29 is 17.1 Å². The highest BCUT2D eigenvalue weighted by molar-refractivity contribution is 6.25. The van der Waals surface area contributed by atoms with Crippen molar-refractivity contribution in [3.05, 3.63) is 158 Å². The van der Waals surface area contributed by atoms with Crippen molar-refractivity contribution >= 4 is 43.1 Å². The van der Waals surface area contributed by atoms with Gasteiger partial charge in [0.2, 0.25) is 0 Å².